The summed E-state index contributed by atoms with van der Waals surface area (Å²) in [6.07, 6.45) is 9.72. The average molecular weight is 332 g/mol. The molecule has 4 heteroatoms. The Kier molecular flexibility index (Phi) is 4.97. The number of hydrogen-bond acceptors (Lipinski definition) is 4. The molecule has 3 atom stereocenters. The Morgan fingerprint density at radius 2 is 2.08 bits per heavy atom. The second kappa shape index (κ2) is 6.85. The van der Waals surface area contributed by atoms with Gasteiger partial charge in [0.05, 0.1) is 18.3 Å². The van der Waals surface area contributed by atoms with Crippen molar-refractivity contribution in [1.29, 1.82) is 0 Å². The van der Waals surface area contributed by atoms with E-state index < -0.39 is 0 Å². The van der Waals surface area contributed by atoms with Gasteiger partial charge in [-0.15, -0.1) is 0 Å². The first-order chi connectivity index (χ1) is 11.4. The molecule has 1 saturated heterocycles. The minimum Gasteiger partial charge on any atom is -0.450 e. The number of epoxide rings is 1. The number of rotatable bonds is 1. The normalized spacial score (nSPS) is 38.9. The Morgan fingerprint density at radius 1 is 1.29 bits per heavy atom. The van der Waals surface area contributed by atoms with Crippen LogP contribution in [0.2, 0.25) is 0 Å². The van der Waals surface area contributed by atoms with E-state index in [9.17, 15) is 9.90 Å². The fraction of sp³-hybridized carbons (Fsp3) is 0.650. The van der Waals surface area contributed by atoms with Crippen LogP contribution >= 0.6 is 0 Å². The van der Waals surface area contributed by atoms with Crippen LogP contribution in [0.25, 0.3) is 0 Å². The Morgan fingerprint density at radius 3 is 2.83 bits per heavy atom. The highest BCUT2D eigenvalue weighted by molar-refractivity contribution is 5.92. The molecule has 0 spiro atoms. The van der Waals surface area contributed by atoms with Crippen LogP contribution in [-0.2, 0) is 14.3 Å². The van der Waals surface area contributed by atoms with Crippen LogP contribution in [0.1, 0.15) is 59.3 Å². The largest absolute Gasteiger partial charge is 0.450 e. The molecule has 0 aromatic carbocycles. The maximum absolute atomic E-state index is 11.9. The highest BCUT2D eigenvalue weighted by Crippen LogP contribution is 2.44. The highest BCUT2D eigenvalue weighted by atomic mass is 16.6. The van der Waals surface area contributed by atoms with E-state index in [4.69, 9.17) is 9.47 Å². The maximum Gasteiger partial charge on any atom is 0.334 e. The lowest BCUT2D eigenvalue weighted by atomic mass is 9.92. The molecule has 132 valence electrons. The molecule has 0 amide bonds. The fourth-order valence-corrected chi connectivity index (χ4v) is 3.76. The molecule has 4 nitrogen and oxygen atoms in total. The number of aliphatic hydroxyl groups excluding tert-OH is 1. The van der Waals surface area contributed by atoms with E-state index in [0.29, 0.717) is 6.10 Å². The molecular weight excluding hydrogens is 304 g/mol. The lowest BCUT2D eigenvalue weighted by Gasteiger charge is -2.14. The van der Waals surface area contributed by atoms with Crippen molar-refractivity contribution < 1.29 is 19.4 Å². The summed E-state index contributed by atoms with van der Waals surface area (Å²) in [7, 11) is 0. The topological polar surface area (TPSA) is 59.1 Å². The summed E-state index contributed by atoms with van der Waals surface area (Å²) in [5, 5.41) is 9.61. The number of hydrogen-bond donors (Lipinski definition) is 1. The Labute approximate surface area is 144 Å². The minimum absolute atomic E-state index is 0.0110. The summed E-state index contributed by atoms with van der Waals surface area (Å²) in [5.41, 5.74) is 4.05. The molecule has 0 radical (unpaired) electrons. The van der Waals surface area contributed by atoms with Crippen LogP contribution < -0.4 is 0 Å². The molecular formula is C20H28O4. The third kappa shape index (κ3) is 3.65. The van der Waals surface area contributed by atoms with Gasteiger partial charge in [-0.3, -0.25) is 0 Å². The van der Waals surface area contributed by atoms with Crippen molar-refractivity contribution >= 4 is 5.97 Å². The van der Waals surface area contributed by atoms with Gasteiger partial charge in [-0.2, -0.15) is 0 Å². The minimum atomic E-state index is -0.244. The van der Waals surface area contributed by atoms with Crippen LogP contribution in [0.4, 0.5) is 0 Å². The number of aliphatic hydroxyl groups is 1. The summed E-state index contributed by atoms with van der Waals surface area (Å²) in [6, 6.07) is 0. The molecule has 2 heterocycles. The van der Waals surface area contributed by atoms with E-state index in [2.05, 4.69) is 26.0 Å². The van der Waals surface area contributed by atoms with Crippen molar-refractivity contribution in [3.63, 3.8) is 0 Å². The zero-order chi connectivity index (χ0) is 17.3. The van der Waals surface area contributed by atoms with E-state index >= 15 is 0 Å². The van der Waals surface area contributed by atoms with Gasteiger partial charge in [0.2, 0.25) is 0 Å². The lowest BCUT2D eigenvalue weighted by Crippen LogP contribution is -2.12. The second-order valence-corrected chi connectivity index (χ2v) is 7.51. The van der Waals surface area contributed by atoms with Gasteiger partial charge in [0.15, 0.2) is 0 Å². The van der Waals surface area contributed by atoms with Crippen molar-refractivity contribution in [2.45, 2.75) is 77.1 Å². The predicted octanol–water partition coefficient (Wildman–Crippen LogP) is 3.61. The van der Waals surface area contributed by atoms with Crippen LogP contribution in [0.3, 0.4) is 0 Å². The van der Waals surface area contributed by atoms with Crippen LogP contribution in [0, 0.1) is 0 Å². The van der Waals surface area contributed by atoms with Crippen molar-refractivity contribution in [1.82, 2.24) is 0 Å². The van der Waals surface area contributed by atoms with Gasteiger partial charge in [-0.1, -0.05) is 11.6 Å². The van der Waals surface area contributed by atoms with Crippen molar-refractivity contribution in [3.8, 4) is 0 Å². The van der Waals surface area contributed by atoms with E-state index in [1.807, 2.05) is 6.92 Å². The van der Waals surface area contributed by atoms with Crippen molar-refractivity contribution in [2.24, 2.45) is 0 Å². The molecule has 1 N–H and O–H groups in total. The van der Waals surface area contributed by atoms with E-state index in [1.54, 1.807) is 0 Å². The first-order valence-corrected chi connectivity index (χ1v) is 8.97. The third-order valence-electron chi connectivity index (χ3n) is 5.63. The molecule has 3 rings (SSSR count). The zero-order valence-electron chi connectivity index (χ0n) is 14.9. The number of carbonyl (C=O) groups excluding carboxylic acids is 1. The zero-order valence-corrected chi connectivity index (χ0v) is 14.9. The molecule has 0 bridgehead atoms. The fourth-order valence-electron chi connectivity index (χ4n) is 3.76. The molecule has 1 aliphatic carbocycles. The van der Waals surface area contributed by atoms with Gasteiger partial charge in [0.25, 0.3) is 0 Å². The number of ether oxygens (including phenoxy) is 2. The van der Waals surface area contributed by atoms with Crippen LogP contribution in [0.5, 0.6) is 0 Å². The molecule has 0 aromatic rings. The average Bonchev–Trinajstić information content (AvgIpc) is 3.12. The lowest BCUT2D eigenvalue weighted by molar-refractivity contribution is -0.138. The van der Waals surface area contributed by atoms with Crippen molar-refractivity contribution in [3.05, 3.63) is 34.4 Å². The van der Waals surface area contributed by atoms with Gasteiger partial charge >= 0.3 is 5.97 Å². The van der Waals surface area contributed by atoms with Gasteiger partial charge in [-0.25, -0.2) is 4.79 Å². The third-order valence-corrected chi connectivity index (χ3v) is 5.63. The maximum atomic E-state index is 11.9. The van der Waals surface area contributed by atoms with Crippen LogP contribution in [-0.4, -0.2) is 35.5 Å². The summed E-state index contributed by atoms with van der Waals surface area (Å²) >= 11 is 0. The highest BCUT2D eigenvalue weighted by Gasteiger charge is 2.50. The summed E-state index contributed by atoms with van der Waals surface area (Å²) in [4.78, 5) is 11.9. The Balaban J connectivity index is 1.82. The quantitative estimate of drug-likeness (QED) is 0.453. The molecule has 3 aliphatic rings. The van der Waals surface area contributed by atoms with E-state index in [-0.39, 0.29) is 24.3 Å². The Hall–Kier alpha value is -1.39. The van der Waals surface area contributed by atoms with E-state index in [1.165, 1.54) is 5.57 Å². The first kappa shape index (κ1) is 17.4. The van der Waals surface area contributed by atoms with Crippen molar-refractivity contribution in [2.75, 3.05) is 6.61 Å². The standard InChI is InChI=1S/C20H28O4/c1-13-6-9-18-20(3,24-18)10-4-5-15(12-21)7-8-16-14(2)19(22)23-17(16)11-13/h5,11,17-18,21H,4,6-10,12H2,1-3H3/b13-11+,15-5-/t17-,18-,20-/m1/s1. The molecule has 0 aromatic heterocycles. The molecule has 0 saturated carbocycles. The number of fused-ring (bicyclic) bond motifs is 2. The number of carbonyl (C=O) groups is 1. The van der Waals surface area contributed by atoms with Crippen LogP contribution in [0.15, 0.2) is 34.4 Å². The summed E-state index contributed by atoms with van der Waals surface area (Å²) < 4.78 is 11.4. The summed E-state index contributed by atoms with van der Waals surface area (Å²) in [5.74, 6) is -0.212. The number of allylic oxidation sites excluding steroid dienone is 2. The predicted molar refractivity (Wildman–Crippen MR) is 92.5 cm³/mol. The molecule has 1 fully saturated rings. The van der Waals surface area contributed by atoms with Gasteiger partial charge < -0.3 is 14.6 Å². The van der Waals surface area contributed by atoms with Gasteiger partial charge in [-0.05, 0) is 76.5 Å². The molecule has 0 unspecified atom stereocenters. The summed E-state index contributed by atoms with van der Waals surface area (Å²) in [6.45, 7) is 6.19. The van der Waals surface area contributed by atoms with Gasteiger partial charge in [0, 0.05) is 5.57 Å². The van der Waals surface area contributed by atoms with E-state index in [0.717, 1.165) is 55.2 Å². The van der Waals surface area contributed by atoms with Gasteiger partial charge in [0.1, 0.15) is 6.10 Å². The Bertz CT molecular complexity index is 613. The first-order valence-electron chi connectivity index (χ1n) is 8.97. The second-order valence-electron chi connectivity index (χ2n) is 7.51. The smallest absolute Gasteiger partial charge is 0.334 e. The molecule has 24 heavy (non-hydrogen) atoms. The molecule has 2 aliphatic heterocycles. The monoisotopic (exact) mass is 332 g/mol. The number of esters is 1. The SMILES string of the molecule is CC1=C2CC/C(CO)=C/CC[C@@]3(C)O[C@@H]3CC/C(C)=C/[C@H]2OC1=O.